The number of rotatable bonds is 0. The Morgan fingerprint density at radius 2 is 1.73 bits per heavy atom. The molecule has 0 aliphatic heterocycles. The first-order valence-electron chi connectivity index (χ1n) is 5.20. The second kappa shape index (κ2) is 6.75. The van der Waals surface area contributed by atoms with Gasteiger partial charge in [0.25, 0.3) is 0 Å². The summed E-state index contributed by atoms with van der Waals surface area (Å²) in [7, 11) is 0. The zero-order chi connectivity index (χ0) is 11.8. The van der Waals surface area contributed by atoms with Gasteiger partial charge in [0.05, 0.1) is 5.39 Å². The second-order valence-corrected chi connectivity index (χ2v) is 2.31. The molecule has 0 unspecified atom stereocenters. The lowest BCUT2D eigenvalue weighted by Gasteiger charge is -1.91. The van der Waals surface area contributed by atoms with E-state index in [0.717, 1.165) is 11.1 Å². The van der Waals surface area contributed by atoms with E-state index in [1.807, 2.05) is 34.6 Å². The number of aromatic nitrogens is 4. The number of nitrogens with two attached hydrogens (primary N) is 1. The fourth-order valence-corrected chi connectivity index (χ4v) is 1.03. The molecule has 2 heterocycles. The highest BCUT2D eigenvalue weighted by Crippen LogP contribution is 2.16. The Kier molecular flexibility index (Phi) is 6.01. The zero-order valence-corrected chi connectivity index (χ0v) is 10.00. The highest BCUT2D eigenvalue weighted by Gasteiger charge is 2.05. The smallest absolute Gasteiger partial charge is 0.186 e. The summed E-state index contributed by atoms with van der Waals surface area (Å²) in [4.78, 5) is 7.78. The molecule has 0 spiro atoms. The van der Waals surface area contributed by atoms with Gasteiger partial charge < -0.3 is 5.73 Å². The van der Waals surface area contributed by atoms with Crippen molar-refractivity contribution in [1.29, 1.82) is 0 Å². The molecular formula is C10H19N5. The number of aromatic amines is 1. The first-order chi connectivity index (χ1) is 7.29. The summed E-state index contributed by atoms with van der Waals surface area (Å²) < 4.78 is 0. The topological polar surface area (TPSA) is 80.5 Å². The maximum Gasteiger partial charge on any atom is 0.186 e. The molecule has 2 aromatic rings. The van der Waals surface area contributed by atoms with E-state index < -0.39 is 0 Å². The van der Waals surface area contributed by atoms with Crippen LogP contribution in [0.15, 0.2) is 6.33 Å². The van der Waals surface area contributed by atoms with Crippen LogP contribution in [0, 0.1) is 6.92 Å². The van der Waals surface area contributed by atoms with E-state index >= 15 is 0 Å². The molecule has 5 heteroatoms. The fraction of sp³-hybridized carbons (Fsp3) is 0.500. The van der Waals surface area contributed by atoms with Crippen LogP contribution in [0.1, 0.15) is 33.4 Å². The summed E-state index contributed by atoms with van der Waals surface area (Å²) in [5.41, 5.74) is 7.11. The van der Waals surface area contributed by atoms with Gasteiger partial charge in [-0.15, -0.1) is 0 Å². The van der Waals surface area contributed by atoms with Crippen molar-refractivity contribution in [2.45, 2.75) is 34.6 Å². The number of anilines is 1. The number of H-pyrrole nitrogens is 1. The molecule has 0 aromatic carbocycles. The van der Waals surface area contributed by atoms with Crippen molar-refractivity contribution >= 4 is 16.9 Å². The molecule has 0 fully saturated rings. The van der Waals surface area contributed by atoms with Crippen LogP contribution in [0.25, 0.3) is 11.0 Å². The highest BCUT2D eigenvalue weighted by atomic mass is 15.2. The number of nitrogens with zero attached hydrogens (tertiary/aromatic N) is 3. The second-order valence-electron chi connectivity index (χ2n) is 2.31. The molecule has 3 N–H and O–H groups in total. The third-order valence-electron chi connectivity index (χ3n) is 1.56. The lowest BCUT2D eigenvalue weighted by atomic mass is 10.3. The Morgan fingerprint density at radius 3 is 2.27 bits per heavy atom. The summed E-state index contributed by atoms with van der Waals surface area (Å²) in [6.45, 7) is 9.88. The van der Waals surface area contributed by atoms with Gasteiger partial charge in [0, 0.05) is 5.69 Å². The van der Waals surface area contributed by atoms with E-state index in [1.54, 1.807) is 0 Å². The van der Waals surface area contributed by atoms with E-state index in [9.17, 15) is 0 Å². The third kappa shape index (κ3) is 2.90. The van der Waals surface area contributed by atoms with Crippen LogP contribution in [0.4, 0.5) is 5.82 Å². The van der Waals surface area contributed by atoms with Gasteiger partial charge in [-0.25, -0.2) is 9.97 Å². The Morgan fingerprint density at radius 1 is 1.13 bits per heavy atom. The predicted octanol–water partition coefficient (Wildman–Crippen LogP) is 2.30. The fourth-order valence-electron chi connectivity index (χ4n) is 1.03. The van der Waals surface area contributed by atoms with Gasteiger partial charge in [0.2, 0.25) is 0 Å². The normalized spacial score (nSPS) is 8.60. The molecule has 0 atom stereocenters. The minimum Gasteiger partial charge on any atom is -0.383 e. The molecule has 0 bridgehead atoms. The molecular weight excluding hydrogens is 190 g/mol. The van der Waals surface area contributed by atoms with Crippen LogP contribution in [0.5, 0.6) is 0 Å². The summed E-state index contributed by atoms with van der Waals surface area (Å²) >= 11 is 0. The lowest BCUT2D eigenvalue weighted by Crippen LogP contribution is -1.91. The van der Waals surface area contributed by atoms with Gasteiger partial charge in [-0.05, 0) is 6.92 Å². The van der Waals surface area contributed by atoms with Crippen molar-refractivity contribution in [3.8, 4) is 0 Å². The van der Waals surface area contributed by atoms with Crippen LogP contribution in [-0.4, -0.2) is 20.2 Å². The van der Waals surface area contributed by atoms with Gasteiger partial charge in [0.15, 0.2) is 5.65 Å². The minimum atomic E-state index is 0.473. The number of fused-ring (bicyclic) bond motifs is 1. The number of nitrogens with one attached hydrogen (secondary N) is 1. The number of aryl methyl sites for hydroxylation is 1. The van der Waals surface area contributed by atoms with Crippen molar-refractivity contribution in [1.82, 2.24) is 20.2 Å². The summed E-state index contributed by atoms with van der Waals surface area (Å²) in [6, 6.07) is 0. The maximum absolute atomic E-state index is 5.59. The monoisotopic (exact) mass is 209 g/mol. The van der Waals surface area contributed by atoms with Crippen LogP contribution in [0.2, 0.25) is 0 Å². The molecule has 5 nitrogen and oxygen atoms in total. The number of hydrogen-bond donors (Lipinski definition) is 2. The molecule has 0 radical (unpaired) electrons. The molecule has 0 amide bonds. The Labute approximate surface area is 90.1 Å². The zero-order valence-electron chi connectivity index (χ0n) is 10.00. The van der Waals surface area contributed by atoms with Gasteiger partial charge in [-0.2, -0.15) is 5.10 Å². The lowest BCUT2D eigenvalue weighted by molar-refractivity contribution is 1.05. The quantitative estimate of drug-likeness (QED) is 0.697. The van der Waals surface area contributed by atoms with Crippen LogP contribution in [0.3, 0.4) is 0 Å². The first kappa shape index (κ1) is 13.4. The van der Waals surface area contributed by atoms with Gasteiger partial charge in [-0.3, -0.25) is 5.10 Å². The minimum absolute atomic E-state index is 0.473. The van der Waals surface area contributed by atoms with Crippen LogP contribution >= 0.6 is 0 Å². The number of nitrogen functional groups attached to an aromatic ring is 1. The molecule has 2 aromatic heterocycles. The van der Waals surface area contributed by atoms with Crippen molar-refractivity contribution in [2.24, 2.45) is 0 Å². The Bertz CT molecular complexity index is 394. The largest absolute Gasteiger partial charge is 0.383 e. The third-order valence-corrected chi connectivity index (χ3v) is 1.56. The van der Waals surface area contributed by atoms with E-state index in [1.165, 1.54) is 6.33 Å². The van der Waals surface area contributed by atoms with Crippen molar-refractivity contribution in [3.05, 3.63) is 12.0 Å². The van der Waals surface area contributed by atoms with Crippen molar-refractivity contribution in [3.63, 3.8) is 0 Å². The standard InChI is InChI=1S/C6H7N5.2C2H6/c1-3-4-5(7)8-2-9-6(4)11-10-3;2*1-2/h2H,1H3,(H3,7,8,9,10,11);2*1-2H3. The van der Waals surface area contributed by atoms with Gasteiger partial charge >= 0.3 is 0 Å². The average Bonchev–Trinajstić information content (AvgIpc) is 2.68. The first-order valence-corrected chi connectivity index (χ1v) is 5.20. The van der Waals surface area contributed by atoms with E-state index in [2.05, 4.69) is 20.2 Å². The van der Waals surface area contributed by atoms with Gasteiger partial charge in [0.1, 0.15) is 12.1 Å². The summed E-state index contributed by atoms with van der Waals surface area (Å²) in [5, 5.41) is 7.52. The van der Waals surface area contributed by atoms with E-state index in [-0.39, 0.29) is 0 Å². The Hall–Kier alpha value is -1.65. The molecule has 0 saturated heterocycles. The molecule has 0 aliphatic rings. The molecule has 0 aliphatic carbocycles. The molecule has 0 saturated carbocycles. The number of hydrogen-bond acceptors (Lipinski definition) is 4. The molecule has 2 rings (SSSR count). The van der Waals surface area contributed by atoms with Crippen LogP contribution < -0.4 is 5.73 Å². The Balaban J connectivity index is 0.000000442. The highest BCUT2D eigenvalue weighted by molar-refractivity contribution is 5.87. The maximum atomic E-state index is 5.59. The van der Waals surface area contributed by atoms with Gasteiger partial charge in [-0.1, -0.05) is 27.7 Å². The SMILES string of the molecule is CC.CC.Cc1[nH]nc2ncnc(N)c12. The predicted molar refractivity (Wildman–Crippen MR) is 63.5 cm³/mol. The van der Waals surface area contributed by atoms with E-state index in [0.29, 0.717) is 11.5 Å². The summed E-state index contributed by atoms with van der Waals surface area (Å²) in [6.07, 6.45) is 1.40. The molecule has 15 heavy (non-hydrogen) atoms. The summed E-state index contributed by atoms with van der Waals surface area (Å²) in [5.74, 6) is 0.473. The van der Waals surface area contributed by atoms with E-state index in [4.69, 9.17) is 5.73 Å². The van der Waals surface area contributed by atoms with Crippen LogP contribution in [-0.2, 0) is 0 Å². The average molecular weight is 209 g/mol. The van der Waals surface area contributed by atoms with Crippen molar-refractivity contribution < 1.29 is 0 Å². The molecule has 84 valence electrons. The van der Waals surface area contributed by atoms with Crippen molar-refractivity contribution in [2.75, 3.05) is 5.73 Å².